The molecule has 1 aromatic heterocycles. The summed E-state index contributed by atoms with van der Waals surface area (Å²) >= 11 is 1.49. The zero-order valence-corrected chi connectivity index (χ0v) is 11.6. The van der Waals surface area contributed by atoms with E-state index in [1.54, 1.807) is 0 Å². The number of carbonyl (C=O) groups is 1. The normalized spacial score (nSPS) is 18.7. The SMILES string of the molecule is O=C(Nc1csc(-c2ccccc2)n1)C1COCCO1. The van der Waals surface area contributed by atoms with E-state index < -0.39 is 6.10 Å². The summed E-state index contributed by atoms with van der Waals surface area (Å²) in [5.74, 6) is 0.336. The molecule has 1 aromatic carbocycles. The van der Waals surface area contributed by atoms with Crippen molar-refractivity contribution in [2.75, 3.05) is 25.1 Å². The molecule has 1 amide bonds. The smallest absolute Gasteiger partial charge is 0.257 e. The van der Waals surface area contributed by atoms with Crippen LogP contribution in [0.1, 0.15) is 0 Å². The van der Waals surface area contributed by atoms with Crippen LogP contribution in [-0.2, 0) is 14.3 Å². The molecule has 1 fully saturated rings. The minimum atomic E-state index is -0.550. The second kappa shape index (κ2) is 6.13. The van der Waals surface area contributed by atoms with E-state index in [9.17, 15) is 4.79 Å². The third kappa shape index (κ3) is 3.04. The van der Waals surface area contributed by atoms with Crippen LogP contribution in [0.25, 0.3) is 10.6 Å². The van der Waals surface area contributed by atoms with Crippen LogP contribution in [0.15, 0.2) is 35.7 Å². The fraction of sp³-hybridized carbons (Fsp3) is 0.286. The van der Waals surface area contributed by atoms with Crippen molar-refractivity contribution in [3.8, 4) is 10.6 Å². The molecular weight excluding hydrogens is 276 g/mol. The van der Waals surface area contributed by atoms with Crippen LogP contribution in [0.3, 0.4) is 0 Å². The Kier molecular flexibility index (Phi) is 4.05. The van der Waals surface area contributed by atoms with Gasteiger partial charge in [0.15, 0.2) is 6.10 Å². The summed E-state index contributed by atoms with van der Waals surface area (Å²) in [7, 11) is 0. The second-order valence-electron chi connectivity index (χ2n) is 4.33. The Balaban J connectivity index is 1.66. The van der Waals surface area contributed by atoms with Gasteiger partial charge in [0.2, 0.25) is 0 Å². The first-order valence-corrected chi connectivity index (χ1v) is 7.22. The van der Waals surface area contributed by atoms with Crippen molar-refractivity contribution in [3.05, 3.63) is 35.7 Å². The minimum Gasteiger partial charge on any atom is -0.376 e. The molecule has 20 heavy (non-hydrogen) atoms. The molecule has 2 heterocycles. The maximum absolute atomic E-state index is 12.0. The van der Waals surface area contributed by atoms with Crippen LogP contribution in [0.4, 0.5) is 5.82 Å². The van der Waals surface area contributed by atoms with E-state index in [4.69, 9.17) is 9.47 Å². The molecule has 1 saturated heterocycles. The number of benzene rings is 1. The van der Waals surface area contributed by atoms with E-state index in [0.717, 1.165) is 10.6 Å². The van der Waals surface area contributed by atoms with E-state index in [0.29, 0.717) is 25.6 Å². The number of carbonyl (C=O) groups excluding carboxylic acids is 1. The highest BCUT2D eigenvalue weighted by Gasteiger charge is 2.23. The highest BCUT2D eigenvalue weighted by atomic mass is 32.1. The van der Waals surface area contributed by atoms with Gasteiger partial charge in [-0.3, -0.25) is 4.79 Å². The van der Waals surface area contributed by atoms with E-state index in [1.807, 2.05) is 35.7 Å². The summed E-state index contributed by atoms with van der Waals surface area (Å²) < 4.78 is 10.6. The first-order valence-electron chi connectivity index (χ1n) is 6.34. The number of amides is 1. The molecule has 104 valence electrons. The van der Waals surface area contributed by atoms with E-state index in [-0.39, 0.29) is 5.91 Å². The van der Waals surface area contributed by atoms with Gasteiger partial charge in [0.25, 0.3) is 5.91 Å². The summed E-state index contributed by atoms with van der Waals surface area (Å²) in [6.07, 6.45) is -0.550. The van der Waals surface area contributed by atoms with Crippen LogP contribution in [-0.4, -0.2) is 36.8 Å². The van der Waals surface area contributed by atoms with Crippen molar-refractivity contribution in [1.82, 2.24) is 4.98 Å². The zero-order chi connectivity index (χ0) is 13.8. The lowest BCUT2D eigenvalue weighted by molar-refractivity contribution is -0.142. The Bertz CT molecular complexity index is 579. The quantitative estimate of drug-likeness (QED) is 0.941. The van der Waals surface area contributed by atoms with E-state index >= 15 is 0 Å². The fourth-order valence-corrected chi connectivity index (χ4v) is 2.65. The minimum absolute atomic E-state index is 0.213. The van der Waals surface area contributed by atoms with Crippen LogP contribution in [0, 0.1) is 0 Å². The Morgan fingerprint density at radius 1 is 1.30 bits per heavy atom. The number of hydrogen-bond donors (Lipinski definition) is 1. The number of nitrogens with one attached hydrogen (secondary N) is 1. The summed E-state index contributed by atoms with van der Waals surface area (Å²) in [5, 5.41) is 5.46. The maximum atomic E-state index is 12.0. The van der Waals surface area contributed by atoms with E-state index in [1.165, 1.54) is 11.3 Å². The van der Waals surface area contributed by atoms with Gasteiger partial charge in [0.1, 0.15) is 10.8 Å². The Morgan fingerprint density at radius 3 is 2.90 bits per heavy atom. The van der Waals surface area contributed by atoms with Crippen molar-refractivity contribution < 1.29 is 14.3 Å². The van der Waals surface area contributed by atoms with Crippen molar-refractivity contribution in [2.24, 2.45) is 0 Å². The maximum Gasteiger partial charge on any atom is 0.257 e. The Hall–Kier alpha value is -1.76. The van der Waals surface area contributed by atoms with Gasteiger partial charge < -0.3 is 14.8 Å². The number of nitrogens with zero attached hydrogens (tertiary/aromatic N) is 1. The highest BCUT2D eigenvalue weighted by molar-refractivity contribution is 7.13. The molecule has 1 atom stereocenters. The molecule has 0 radical (unpaired) electrons. The molecule has 1 N–H and O–H groups in total. The molecule has 2 aromatic rings. The van der Waals surface area contributed by atoms with Crippen LogP contribution in [0.5, 0.6) is 0 Å². The van der Waals surface area contributed by atoms with Crippen LogP contribution in [0.2, 0.25) is 0 Å². The largest absolute Gasteiger partial charge is 0.376 e. The fourth-order valence-electron chi connectivity index (χ4n) is 1.89. The lowest BCUT2D eigenvalue weighted by Gasteiger charge is -2.21. The first-order chi connectivity index (χ1) is 9.83. The zero-order valence-electron chi connectivity index (χ0n) is 10.7. The molecule has 1 aliphatic rings. The number of rotatable bonds is 3. The van der Waals surface area contributed by atoms with Gasteiger partial charge in [-0.05, 0) is 0 Å². The highest BCUT2D eigenvalue weighted by Crippen LogP contribution is 2.25. The molecule has 0 aliphatic carbocycles. The molecule has 0 saturated carbocycles. The molecule has 5 nitrogen and oxygen atoms in total. The average Bonchev–Trinajstić information content (AvgIpc) is 2.97. The van der Waals surface area contributed by atoms with Crippen LogP contribution < -0.4 is 5.32 Å². The molecule has 0 bridgehead atoms. The summed E-state index contributed by atoms with van der Waals surface area (Å²) in [5.41, 5.74) is 1.04. The lowest BCUT2D eigenvalue weighted by Crippen LogP contribution is -2.39. The van der Waals surface area contributed by atoms with Gasteiger partial charge in [0, 0.05) is 10.9 Å². The molecule has 0 spiro atoms. The topological polar surface area (TPSA) is 60.5 Å². The predicted octanol–water partition coefficient (Wildman–Crippen LogP) is 2.16. The Labute approximate surface area is 120 Å². The van der Waals surface area contributed by atoms with Gasteiger partial charge in [-0.1, -0.05) is 30.3 Å². The summed E-state index contributed by atoms with van der Waals surface area (Å²) in [6, 6.07) is 9.86. The molecule has 1 unspecified atom stereocenters. The van der Waals surface area contributed by atoms with Crippen molar-refractivity contribution in [3.63, 3.8) is 0 Å². The van der Waals surface area contributed by atoms with Crippen molar-refractivity contribution >= 4 is 23.1 Å². The average molecular weight is 290 g/mol. The second-order valence-corrected chi connectivity index (χ2v) is 5.19. The Morgan fingerprint density at radius 2 is 2.15 bits per heavy atom. The van der Waals surface area contributed by atoms with Crippen molar-refractivity contribution in [2.45, 2.75) is 6.10 Å². The van der Waals surface area contributed by atoms with Gasteiger partial charge in [-0.15, -0.1) is 11.3 Å². The van der Waals surface area contributed by atoms with Gasteiger partial charge in [0.05, 0.1) is 19.8 Å². The van der Waals surface area contributed by atoms with Gasteiger partial charge >= 0.3 is 0 Å². The number of aromatic nitrogens is 1. The van der Waals surface area contributed by atoms with Crippen LogP contribution >= 0.6 is 11.3 Å². The van der Waals surface area contributed by atoms with Crippen molar-refractivity contribution in [1.29, 1.82) is 0 Å². The third-order valence-corrected chi connectivity index (χ3v) is 3.78. The van der Waals surface area contributed by atoms with Gasteiger partial charge in [-0.25, -0.2) is 4.98 Å². The molecule has 6 heteroatoms. The molecule has 3 rings (SSSR count). The number of thiazole rings is 1. The molecular formula is C14H14N2O3S. The standard InChI is InChI=1S/C14H14N2O3S/c17-13(11-8-18-6-7-19-11)15-12-9-20-14(16-12)10-4-2-1-3-5-10/h1-5,9,11H,6-8H2,(H,15,17). The molecule has 1 aliphatic heterocycles. The number of anilines is 1. The first kappa shape index (κ1) is 13.2. The van der Waals surface area contributed by atoms with E-state index in [2.05, 4.69) is 10.3 Å². The summed E-state index contributed by atoms with van der Waals surface area (Å²) in [4.78, 5) is 16.4. The lowest BCUT2D eigenvalue weighted by atomic mass is 10.2. The monoisotopic (exact) mass is 290 g/mol. The predicted molar refractivity (Wildman–Crippen MR) is 76.7 cm³/mol. The number of hydrogen-bond acceptors (Lipinski definition) is 5. The van der Waals surface area contributed by atoms with Gasteiger partial charge in [-0.2, -0.15) is 0 Å². The number of ether oxygens (including phenoxy) is 2. The summed E-state index contributed by atoms with van der Waals surface area (Å²) in [6.45, 7) is 1.28. The third-order valence-electron chi connectivity index (χ3n) is 2.88.